The van der Waals surface area contributed by atoms with Crippen molar-refractivity contribution in [2.75, 3.05) is 5.73 Å². The maximum atomic E-state index is 6.14. The Morgan fingerprint density at radius 1 is 0.947 bits per heavy atom. The van der Waals surface area contributed by atoms with E-state index in [0.717, 1.165) is 9.39 Å². The van der Waals surface area contributed by atoms with Crippen molar-refractivity contribution in [1.29, 1.82) is 0 Å². The average Bonchev–Trinajstić information content (AvgIpc) is 2.71. The molecule has 108 valence electrons. The van der Waals surface area contributed by atoms with Crippen LogP contribution in [0.5, 0.6) is 0 Å². The van der Waals surface area contributed by atoms with Crippen molar-refractivity contribution in [3.8, 4) is 0 Å². The predicted molar refractivity (Wildman–Crippen MR) is 89.2 cm³/mol. The second-order valence-corrected chi connectivity index (χ2v) is 6.90. The van der Waals surface area contributed by atoms with E-state index in [-0.39, 0.29) is 0 Å². The van der Waals surface area contributed by atoms with Crippen LogP contribution in [0.3, 0.4) is 0 Å². The summed E-state index contributed by atoms with van der Waals surface area (Å²) in [6.45, 7) is 0. The lowest BCUT2D eigenvalue weighted by Gasteiger charge is -2.19. The maximum absolute atomic E-state index is 6.14. The van der Waals surface area contributed by atoms with Crippen molar-refractivity contribution in [2.45, 2.75) is 76.7 Å². The smallest absolute Gasteiger partial charge is 0.135 e. The van der Waals surface area contributed by atoms with E-state index in [1.165, 1.54) is 70.6 Å². The second kappa shape index (κ2) is 8.12. The number of hydrogen-bond acceptors (Lipinski definition) is 2. The summed E-state index contributed by atoms with van der Waals surface area (Å²) >= 11 is 2.28. The van der Waals surface area contributed by atoms with Gasteiger partial charge in [-0.05, 0) is 35.4 Å². The summed E-state index contributed by atoms with van der Waals surface area (Å²) in [5.74, 6) is 0.859. The highest BCUT2D eigenvalue weighted by Gasteiger charge is 2.16. The fourth-order valence-corrected chi connectivity index (χ4v) is 3.40. The quantitative estimate of drug-likeness (QED) is 0.709. The summed E-state index contributed by atoms with van der Waals surface area (Å²) in [6.07, 6.45) is 16.8. The number of anilines is 1. The third kappa shape index (κ3) is 4.65. The molecule has 1 aliphatic carbocycles. The minimum Gasteiger partial charge on any atom is -0.383 e. The Morgan fingerprint density at radius 2 is 1.42 bits per heavy atom. The van der Waals surface area contributed by atoms with Crippen LogP contribution in [-0.4, -0.2) is 9.78 Å². The Kier molecular flexibility index (Phi) is 6.47. The molecular weight excluding hydrogens is 349 g/mol. The molecule has 0 aliphatic heterocycles. The summed E-state index contributed by atoms with van der Waals surface area (Å²) in [5, 5.41) is 4.49. The van der Waals surface area contributed by atoms with Crippen LogP contribution < -0.4 is 5.73 Å². The minimum atomic E-state index is 0.517. The van der Waals surface area contributed by atoms with Crippen molar-refractivity contribution < 1.29 is 0 Å². The van der Waals surface area contributed by atoms with E-state index >= 15 is 0 Å². The third-order valence-corrected chi connectivity index (χ3v) is 5.04. The lowest BCUT2D eigenvalue weighted by atomic mass is 9.98. The molecule has 1 aromatic heterocycles. The molecule has 0 unspecified atom stereocenters. The van der Waals surface area contributed by atoms with Gasteiger partial charge in [-0.1, -0.05) is 57.8 Å². The van der Waals surface area contributed by atoms with Crippen LogP contribution in [0.4, 0.5) is 5.82 Å². The van der Waals surface area contributed by atoms with Gasteiger partial charge in [0.25, 0.3) is 0 Å². The standard InChI is InChI=1S/C15H26IN3/c16-14-12-18-19(15(14)17)13-10-8-6-4-2-1-3-5-7-9-11-13/h12-13H,1-11,17H2. The molecule has 3 nitrogen and oxygen atoms in total. The minimum absolute atomic E-state index is 0.517. The molecule has 1 aliphatic rings. The summed E-state index contributed by atoms with van der Waals surface area (Å²) in [5.41, 5.74) is 6.14. The van der Waals surface area contributed by atoms with Crippen molar-refractivity contribution in [3.05, 3.63) is 9.77 Å². The third-order valence-electron chi connectivity index (χ3n) is 4.21. The Bertz CT molecular complexity index is 363. The first-order valence-electron chi connectivity index (χ1n) is 7.77. The van der Waals surface area contributed by atoms with Gasteiger partial charge in [-0.25, -0.2) is 4.68 Å². The molecule has 0 spiro atoms. The van der Waals surface area contributed by atoms with Crippen LogP contribution in [0.15, 0.2) is 6.20 Å². The highest BCUT2D eigenvalue weighted by atomic mass is 127. The molecule has 19 heavy (non-hydrogen) atoms. The van der Waals surface area contributed by atoms with Crippen LogP contribution >= 0.6 is 22.6 Å². The number of nitrogens with two attached hydrogens (primary N) is 1. The topological polar surface area (TPSA) is 43.8 Å². The summed E-state index contributed by atoms with van der Waals surface area (Å²) < 4.78 is 3.16. The highest BCUT2D eigenvalue weighted by Crippen LogP contribution is 2.28. The fourth-order valence-electron chi connectivity index (χ4n) is 3.03. The average molecular weight is 375 g/mol. The summed E-state index contributed by atoms with van der Waals surface area (Å²) in [4.78, 5) is 0. The Labute approximate surface area is 130 Å². The SMILES string of the molecule is Nc1c(I)cnn1C1CCCCCCCCCCC1. The van der Waals surface area contributed by atoms with Gasteiger partial charge in [0.05, 0.1) is 15.8 Å². The molecule has 2 rings (SSSR count). The zero-order valence-corrected chi connectivity index (χ0v) is 13.9. The van der Waals surface area contributed by atoms with Crippen molar-refractivity contribution in [3.63, 3.8) is 0 Å². The summed E-state index contributed by atoms with van der Waals surface area (Å²) in [6, 6.07) is 0.517. The lowest BCUT2D eigenvalue weighted by molar-refractivity contribution is 0.365. The molecule has 1 heterocycles. The first-order chi connectivity index (χ1) is 9.29. The number of halogens is 1. The Morgan fingerprint density at radius 3 is 1.84 bits per heavy atom. The molecule has 0 amide bonds. The molecular formula is C15H26IN3. The number of nitrogens with zero attached hydrogens (tertiary/aromatic N) is 2. The number of nitrogen functional groups attached to an aromatic ring is 1. The van der Waals surface area contributed by atoms with Crippen molar-refractivity contribution in [1.82, 2.24) is 9.78 Å². The van der Waals surface area contributed by atoms with Crippen molar-refractivity contribution >= 4 is 28.4 Å². The van der Waals surface area contributed by atoms with Crippen LogP contribution in [0.1, 0.15) is 76.7 Å². The van der Waals surface area contributed by atoms with Crippen molar-refractivity contribution in [2.24, 2.45) is 0 Å². The molecule has 2 N–H and O–H groups in total. The van der Waals surface area contributed by atoms with Gasteiger partial charge < -0.3 is 5.73 Å². The normalized spacial score (nSPS) is 20.7. The van der Waals surface area contributed by atoms with Gasteiger partial charge in [0.2, 0.25) is 0 Å². The molecule has 0 saturated heterocycles. The first kappa shape index (κ1) is 15.1. The van der Waals surface area contributed by atoms with E-state index in [1.807, 2.05) is 6.20 Å². The summed E-state index contributed by atoms with van der Waals surface area (Å²) in [7, 11) is 0. The number of aromatic nitrogens is 2. The van der Waals surface area contributed by atoms with Gasteiger partial charge in [0.15, 0.2) is 0 Å². The Hall–Kier alpha value is -0.260. The van der Waals surface area contributed by atoms with Gasteiger partial charge in [0, 0.05) is 0 Å². The number of hydrogen-bond donors (Lipinski definition) is 1. The maximum Gasteiger partial charge on any atom is 0.135 e. The van der Waals surface area contributed by atoms with Crippen LogP contribution in [0.2, 0.25) is 0 Å². The molecule has 0 atom stereocenters. The predicted octanol–water partition coefficient (Wildman–Crippen LogP) is 4.92. The van der Waals surface area contributed by atoms with Crippen LogP contribution in [0.25, 0.3) is 0 Å². The van der Waals surface area contributed by atoms with Gasteiger partial charge in [0.1, 0.15) is 5.82 Å². The zero-order valence-electron chi connectivity index (χ0n) is 11.8. The van der Waals surface area contributed by atoms with Gasteiger partial charge in [-0.2, -0.15) is 5.10 Å². The molecule has 1 saturated carbocycles. The largest absolute Gasteiger partial charge is 0.383 e. The monoisotopic (exact) mass is 375 g/mol. The highest BCUT2D eigenvalue weighted by molar-refractivity contribution is 14.1. The van der Waals surface area contributed by atoms with Crippen LogP contribution in [-0.2, 0) is 0 Å². The van der Waals surface area contributed by atoms with E-state index in [9.17, 15) is 0 Å². The van der Waals surface area contributed by atoms with E-state index in [1.54, 1.807) is 0 Å². The van der Waals surface area contributed by atoms with E-state index < -0.39 is 0 Å². The Balaban J connectivity index is 1.96. The first-order valence-corrected chi connectivity index (χ1v) is 8.85. The molecule has 0 bridgehead atoms. The molecule has 1 aromatic rings. The van der Waals surface area contributed by atoms with Gasteiger partial charge in [-0.3, -0.25) is 0 Å². The molecule has 0 radical (unpaired) electrons. The van der Waals surface area contributed by atoms with Gasteiger partial charge >= 0.3 is 0 Å². The zero-order chi connectivity index (χ0) is 13.5. The van der Waals surface area contributed by atoms with E-state index in [4.69, 9.17) is 5.73 Å². The van der Waals surface area contributed by atoms with E-state index in [0.29, 0.717) is 6.04 Å². The van der Waals surface area contributed by atoms with E-state index in [2.05, 4.69) is 32.4 Å². The number of rotatable bonds is 1. The molecule has 0 aromatic carbocycles. The molecule has 4 heteroatoms. The molecule has 1 fully saturated rings. The fraction of sp³-hybridized carbons (Fsp3) is 0.800. The van der Waals surface area contributed by atoms with Gasteiger partial charge in [-0.15, -0.1) is 0 Å². The van der Waals surface area contributed by atoms with Crippen LogP contribution in [0, 0.1) is 3.57 Å². The second-order valence-electron chi connectivity index (χ2n) is 5.74. The lowest BCUT2D eigenvalue weighted by Crippen LogP contribution is -2.14.